The molecule has 0 aromatic heterocycles. The molecule has 2 N–H and O–H groups in total. The first-order valence-electron chi connectivity index (χ1n) is 6.48. The molecule has 0 saturated carbocycles. The highest BCUT2D eigenvalue weighted by Crippen LogP contribution is 2.25. The molecule has 2 aliphatic rings. The lowest BCUT2D eigenvalue weighted by atomic mass is 9.88. The summed E-state index contributed by atoms with van der Waals surface area (Å²) in [6.45, 7) is 5.14. The van der Waals surface area contributed by atoms with E-state index >= 15 is 0 Å². The molecule has 7 heteroatoms. The van der Waals surface area contributed by atoms with Crippen molar-refractivity contribution in [3.63, 3.8) is 0 Å². The second-order valence-corrected chi connectivity index (χ2v) is 5.45. The Balaban J connectivity index is 1.87. The van der Waals surface area contributed by atoms with Gasteiger partial charge in [-0.05, 0) is 18.8 Å². The summed E-state index contributed by atoms with van der Waals surface area (Å²) in [5.41, 5.74) is -0.841. The molecule has 2 aliphatic heterocycles. The van der Waals surface area contributed by atoms with Crippen molar-refractivity contribution in [2.45, 2.75) is 32.2 Å². The molecule has 0 unspecified atom stereocenters. The van der Waals surface area contributed by atoms with E-state index in [2.05, 4.69) is 10.6 Å². The van der Waals surface area contributed by atoms with E-state index < -0.39 is 11.6 Å². The van der Waals surface area contributed by atoms with Crippen molar-refractivity contribution in [3.8, 4) is 0 Å². The molecule has 0 bridgehead atoms. The van der Waals surface area contributed by atoms with Gasteiger partial charge in [0.15, 0.2) is 0 Å². The van der Waals surface area contributed by atoms with Gasteiger partial charge in [0.2, 0.25) is 0 Å². The Morgan fingerprint density at radius 1 is 1.37 bits per heavy atom. The van der Waals surface area contributed by atoms with Gasteiger partial charge in [0, 0.05) is 13.1 Å². The summed E-state index contributed by atoms with van der Waals surface area (Å²) in [5.74, 6) is -0.00678. The zero-order valence-electron chi connectivity index (χ0n) is 11.2. The first kappa shape index (κ1) is 13.6. The number of amides is 4. The second kappa shape index (κ2) is 5.07. The van der Waals surface area contributed by atoms with E-state index in [1.54, 1.807) is 4.90 Å². The molecule has 4 amide bonds. The third-order valence-corrected chi connectivity index (χ3v) is 3.43. The fourth-order valence-electron chi connectivity index (χ4n) is 2.28. The van der Waals surface area contributed by atoms with Crippen LogP contribution in [0.5, 0.6) is 0 Å². The van der Waals surface area contributed by atoms with Crippen molar-refractivity contribution >= 4 is 18.0 Å². The predicted molar refractivity (Wildman–Crippen MR) is 66.4 cm³/mol. The van der Waals surface area contributed by atoms with Gasteiger partial charge in [0.05, 0.1) is 6.61 Å². The molecule has 2 saturated heterocycles. The van der Waals surface area contributed by atoms with Crippen molar-refractivity contribution in [1.29, 1.82) is 0 Å². The maximum absolute atomic E-state index is 11.8. The summed E-state index contributed by atoms with van der Waals surface area (Å²) in [6, 6.07) is -0.458. The van der Waals surface area contributed by atoms with Crippen molar-refractivity contribution in [3.05, 3.63) is 0 Å². The fraction of sp³-hybridized carbons (Fsp3) is 0.750. The van der Waals surface area contributed by atoms with Gasteiger partial charge in [-0.1, -0.05) is 13.8 Å². The molecule has 0 atom stereocenters. The Labute approximate surface area is 111 Å². The molecular formula is C12H19N3O4. The fourth-order valence-corrected chi connectivity index (χ4v) is 2.28. The number of nitrogens with one attached hydrogen (secondary N) is 2. The van der Waals surface area contributed by atoms with Gasteiger partial charge in [-0.25, -0.2) is 9.59 Å². The highest BCUT2D eigenvalue weighted by Gasteiger charge is 2.48. The second-order valence-electron chi connectivity index (χ2n) is 5.45. The number of hydrogen-bond acceptors (Lipinski definition) is 4. The number of imide groups is 1. The Bertz CT molecular complexity index is 400. The highest BCUT2D eigenvalue weighted by atomic mass is 16.6. The number of hydrogen-bond donors (Lipinski definition) is 2. The minimum absolute atomic E-state index is 0.292. The molecule has 0 aromatic rings. The van der Waals surface area contributed by atoms with Crippen LogP contribution in [-0.4, -0.2) is 48.2 Å². The van der Waals surface area contributed by atoms with E-state index in [4.69, 9.17) is 4.74 Å². The Kier molecular flexibility index (Phi) is 3.64. The van der Waals surface area contributed by atoms with Crippen LogP contribution in [-0.2, 0) is 9.53 Å². The van der Waals surface area contributed by atoms with E-state index in [1.165, 1.54) is 0 Å². The van der Waals surface area contributed by atoms with E-state index in [-0.39, 0.29) is 12.0 Å². The summed E-state index contributed by atoms with van der Waals surface area (Å²) >= 11 is 0. The molecule has 2 fully saturated rings. The molecule has 0 aromatic carbocycles. The van der Waals surface area contributed by atoms with Crippen molar-refractivity contribution in [1.82, 2.24) is 15.5 Å². The first-order valence-corrected chi connectivity index (χ1v) is 6.48. The van der Waals surface area contributed by atoms with Gasteiger partial charge in [0.25, 0.3) is 5.91 Å². The van der Waals surface area contributed by atoms with Gasteiger partial charge in [-0.15, -0.1) is 0 Å². The zero-order chi connectivity index (χ0) is 14.0. The molecule has 19 heavy (non-hydrogen) atoms. The number of carbonyl (C=O) groups is 3. The van der Waals surface area contributed by atoms with E-state index in [0.29, 0.717) is 38.5 Å². The van der Waals surface area contributed by atoms with Crippen LogP contribution in [0.25, 0.3) is 0 Å². The normalized spacial score (nSPS) is 21.5. The Morgan fingerprint density at radius 2 is 2.00 bits per heavy atom. The van der Waals surface area contributed by atoms with E-state index in [9.17, 15) is 14.4 Å². The molecular weight excluding hydrogens is 250 g/mol. The molecule has 0 radical (unpaired) electrons. The summed E-state index contributed by atoms with van der Waals surface area (Å²) in [5, 5.41) is 4.89. The van der Waals surface area contributed by atoms with Gasteiger partial charge in [-0.2, -0.15) is 0 Å². The molecule has 2 rings (SSSR count). The van der Waals surface area contributed by atoms with Crippen LogP contribution in [0.3, 0.4) is 0 Å². The van der Waals surface area contributed by atoms with Crippen LogP contribution >= 0.6 is 0 Å². The lowest BCUT2D eigenvalue weighted by molar-refractivity contribution is -0.125. The van der Waals surface area contributed by atoms with Gasteiger partial charge in [-0.3, -0.25) is 10.1 Å². The van der Waals surface area contributed by atoms with Crippen LogP contribution < -0.4 is 10.6 Å². The minimum Gasteiger partial charge on any atom is -0.449 e. The molecule has 1 spiro atoms. The third-order valence-electron chi connectivity index (χ3n) is 3.43. The quantitative estimate of drug-likeness (QED) is 0.713. The predicted octanol–water partition coefficient (Wildman–Crippen LogP) is 0.453. The van der Waals surface area contributed by atoms with Crippen LogP contribution in [0.15, 0.2) is 0 Å². The van der Waals surface area contributed by atoms with Crippen LogP contribution in [0.1, 0.15) is 26.7 Å². The smallest absolute Gasteiger partial charge is 0.409 e. The Hall–Kier alpha value is -1.79. The summed E-state index contributed by atoms with van der Waals surface area (Å²) in [7, 11) is 0. The molecule has 7 nitrogen and oxygen atoms in total. The average Bonchev–Trinajstić information content (AvgIpc) is 2.62. The van der Waals surface area contributed by atoms with E-state index in [1.807, 2.05) is 13.8 Å². The van der Waals surface area contributed by atoms with Crippen molar-refractivity contribution in [2.24, 2.45) is 5.92 Å². The van der Waals surface area contributed by atoms with Gasteiger partial charge >= 0.3 is 12.1 Å². The summed E-state index contributed by atoms with van der Waals surface area (Å²) < 4.78 is 5.14. The van der Waals surface area contributed by atoms with Crippen molar-refractivity contribution < 1.29 is 19.1 Å². The van der Waals surface area contributed by atoms with Gasteiger partial charge in [0.1, 0.15) is 5.54 Å². The number of likely N-dealkylation sites (tertiary alicyclic amines) is 1. The number of nitrogens with zero attached hydrogens (tertiary/aromatic N) is 1. The van der Waals surface area contributed by atoms with E-state index in [0.717, 1.165) is 0 Å². The number of piperidine rings is 1. The maximum Gasteiger partial charge on any atom is 0.409 e. The maximum atomic E-state index is 11.8. The topological polar surface area (TPSA) is 87.7 Å². The largest absolute Gasteiger partial charge is 0.449 e. The summed E-state index contributed by atoms with van der Waals surface area (Å²) in [6.07, 6.45) is 0.483. The number of urea groups is 1. The Morgan fingerprint density at radius 3 is 2.47 bits per heavy atom. The molecule has 2 heterocycles. The SMILES string of the molecule is CC(C)COC(=O)N1CCC2(CC1)NC(=O)NC2=O. The molecule has 0 aliphatic carbocycles. The van der Waals surface area contributed by atoms with Crippen LogP contribution in [0.4, 0.5) is 9.59 Å². The number of rotatable bonds is 2. The highest BCUT2D eigenvalue weighted by molar-refractivity contribution is 6.07. The lowest BCUT2D eigenvalue weighted by Crippen LogP contribution is -2.55. The van der Waals surface area contributed by atoms with Crippen LogP contribution in [0.2, 0.25) is 0 Å². The standard InChI is InChI=1S/C12H19N3O4/c1-8(2)7-19-11(18)15-5-3-12(4-6-15)9(16)13-10(17)14-12/h8H,3-7H2,1-2H3,(H2,13,14,16,17). The first-order chi connectivity index (χ1) is 8.93. The number of carbonyl (C=O) groups excluding carboxylic acids is 3. The van der Waals surface area contributed by atoms with Gasteiger partial charge < -0.3 is 15.0 Å². The minimum atomic E-state index is -0.841. The summed E-state index contributed by atoms with van der Waals surface area (Å²) in [4.78, 5) is 36.2. The van der Waals surface area contributed by atoms with Crippen molar-refractivity contribution in [2.75, 3.05) is 19.7 Å². The third kappa shape index (κ3) is 2.80. The van der Waals surface area contributed by atoms with Crippen LogP contribution in [0, 0.1) is 5.92 Å². The number of ether oxygens (including phenoxy) is 1. The molecule has 106 valence electrons. The lowest BCUT2D eigenvalue weighted by Gasteiger charge is -2.36. The monoisotopic (exact) mass is 269 g/mol. The average molecular weight is 269 g/mol. The zero-order valence-corrected chi connectivity index (χ0v) is 11.2.